The molecule has 1 saturated carbocycles. The van der Waals surface area contributed by atoms with E-state index in [1.165, 1.54) is 0 Å². The van der Waals surface area contributed by atoms with Gasteiger partial charge in [-0.2, -0.15) is 26.3 Å². The highest BCUT2D eigenvalue weighted by molar-refractivity contribution is 4.96. The zero-order chi connectivity index (χ0) is 11.9. The molecule has 0 aliphatic heterocycles. The lowest BCUT2D eigenvalue weighted by Crippen LogP contribution is -2.56. The summed E-state index contributed by atoms with van der Waals surface area (Å²) in [5, 5.41) is 0. The van der Waals surface area contributed by atoms with Gasteiger partial charge in [0.15, 0.2) is 0 Å². The van der Waals surface area contributed by atoms with E-state index in [2.05, 4.69) is 0 Å². The molecule has 0 aromatic heterocycles. The molecule has 0 saturated heterocycles. The van der Waals surface area contributed by atoms with E-state index < -0.39 is 49.5 Å². The lowest BCUT2D eigenvalue weighted by Gasteiger charge is -2.38. The van der Waals surface area contributed by atoms with E-state index in [0.29, 0.717) is 0 Å². The Morgan fingerprint density at radius 3 is 1.60 bits per heavy atom. The summed E-state index contributed by atoms with van der Waals surface area (Å²) in [5.41, 5.74) is 2.61. The van der Waals surface area contributed by atoms with Gasteiger partial charge in [0.25, 0.3) is 0 Å². The Kier molecular flexibility index (Phi) is 2.97. The first kappa shape index (κ1) is 12.6. The molecule has 1 rings (SSSR count). The van der Waals surface area contributed by atoms with Gasteiger partial charge in [0.2, 0.25) is 0 Å². The van der Waals surface area contributed by atoms with Crippen LogP contribution in [-0.4, -0.2) is 17.9 Å². The van der Waals surface area contributed by atoms with Crippen molar-refractivity contribution in [2.75, 3.05) is 0 Å². The maximum Gasteiger partial charge on any atom is 0.406 e. The van der Waals surface area contributed by atoms with E-state index in [4.69, 9.17) is 5.73 Å². The van der Waals surface area contributed by atoms with E-state index >= 15 is 0 Å². The van der Waals surface area contributed by atoms with Gasteiger partial charge in [-0.05, 0) is 25.7 Å². The average Bonchev–Trinajstić information content (AvgIpc) is 2.01. The quantitative estimate of drug-likeness (QED) is 0.642. The normalized spacial score (nSPS) is 34.2. The van der Waals surface area contributed by atoms with Crippen LogP contribution in [0.5, 0.6) is 0 Å². The summed E-state index contributed by atoms with van der Waals surface area (Å²) in [6, 6.07) is 0. The SMILES string of the molecule is NC1(C(F)(F)F)CCC(C(F)(F)F)CC1. The van der Waals surface area contributed by atoms with E-state index in [9.17, 15) is 26.3 Å². The topological polar surface area (TPSA) is 26.0 Å². The first-order valence-electron chi connectivity index (χ1n) is 4.48. The van der Waals surface area contributed by atoms with Crippen molar-refractivity contribution in [2.24, 2.45) is 11.7 Å². The van der Waals surface area contributed by atoms with Crippen LogP contribution >= 0.6 is 0 Å². The lowest BCUT2D eigenvalue weighted by molar-refractivity contribution is -0.220. The van der Waals surface area contributed by atoms with Crippen molar-refractivity contribution in [3.63, 3.8) is 0 Å². The van der Waals surface area contributed by atoms with Crippen LogP contribution in [0.4, 0.5) is 26.3 Å². The molecule has 0 aromatic carbocycles. The maximum absolute atomic E-state index is 12.3. The van der Waals surface area contributed by atoms with Gasteiger partial charge in [-0.1, -0.05) is 0 Å². The minimum absolute atomic E-state index is 0.542. The zero-order valence-corrected chi connectivity index (χ0v) is 7.75. The van der Waals surface area contributed by atoms with Crippen molar-refractivity contribution in [1.82, 2.24) is 0 Å². The predicted octanol–water partition coefficient (Wildman–Crippen LogP) is 3.00. The standard InChI is InChI=1S/C8H11F6N/c9-7(10,11)5-1-3-6(15,4-2-5)8(12,13)14/h5H,1-4,15H2. The number of hydrogen-bond acceptors (Lipinski definition) is 1. The van der Waals surface area contributed by atoms with E-state index in [1.807, 2.05) is 0 Å². The second kappa shape index (κ2) is 3.54. The van der Waals surface area contributed by atoms with Crippen molar-refractivity contribution >= 4 is 0 Å². The van der Waals surface area contributed by atoms with Gasteiger partial charge in [-0.15, -0.1) is 0 Å². The maximum atomic E-state index is 12.3. The molecular formula is C8H11F6N. The van der Waals surface area contributed by atoms with Crippen LogP contribution in [0.1, 0.15) is 25.7 Å². The van der Waals surface area contributed by atoms with Crippen LogP contribution in [0.15, 0.2) is 0 Å². The molecule has 7 heteroatoms. The molecule has 1 nitrogen and oxygen atoms in total. The smallest absolute Gasteiger partial charge is 0.318 e. The molecule has 0 radical (unpaired) electrons. The fourth-order valence-corrected chi connectivity index (χ4v) is 1.74. The van der Waals surface area contributed by atoms with Crippen molar-refractivity contribution in [3.8, 4) is 0 Å². The van der Waals surface area contributed by atoms with Crippen molar-refractivity contribution < 1.29 is 26.3 Å². The van der Waals surface area contributed by atoms with Gasteiger partial charge in [-0.3, -0.25) is 0 Å². The number of rotatable bonds is 0. The van der Waals surface area contributed by atoms with E-state index in [0.717, 1.165) is 0 Å². The van der Waals surface area contributed by atoms with Gasteiger partial charge in [0.05, 0.1) is 5.92 Å². The second-order valence-corrected chi connectivity index (χ2v) is 3.97. The monoisotopic (exact) mass is 235 g/mol. The molecule has 0 aromatic rings. The Hall–Kier alpha value is -0.460. The highest BCUT2D eigenvalue weighted by atomic mass is 19.4. The van der Waals surface area contributed by atoms with Crippen LogP contribution in [0.3, 0.4) is 0 Å². The Morgan fingerprint density at radius 1 is 0.933 bits per heavy atom. The predicted molar refractivity (Wildman–Crippen MR) is 41.0 cm³/mol. The molecule has 1 aliphatic carbocycles. The summed E-state index contributed by atoms with van der Waals surface area (Å²) in [6.45, 7) is 0. The van der Waals surface area contributed by atoms with Gasteiger partial charge >= 0.3 is 12.4 Å². The Labute approximate surface area is 82.6 Å². The molecule has 1 aliphatic rings. The molecule has 15 heavy (non-hydrogen) atoms. The molecule has 0 bridgehead atoms. The molecule has 2 N–H and O–H groups in total. The Bertz CT molecular complexity index is 222. The van der Waals surface area contributed by atoms with E-state index in [-0.39, 0.29) is 0 Å². The summed E-state index contributed by atoms with van der Waals surface area (Å²) >= 11 is 0. The number of nitrogens with two attached hydrogens (primary N) is 1. The third kappa shape index (κ3) is 2.56. The highest BCUT2D eigenvalue weighted by Gasteiger charge is 2.55. The Balaban J connectivity index is 2.64. The number of halogens is 6. The fourth-order valence-electron chi connectivity index (χ4n) is 1.74. The summed E-state index contributed by atoms with van der Waals surface area (Å²) in [4.78, 5) is 0. The van der Waals surface area contributed by atoms with Crippen molar-refractivity contribution in [2.45, 2.75) is 43.6 Å². The van der Waals surface area contributed by atoms with Crippen LogP contribution in [0.25, 0.3) is 0 Å². The fraction of sp³-hybridized carbons (Fsp3) is 1.00. The second-order valence-electron chi connectivity index (χ2n) is 3.97. The summed E-state index contributed by atoms with van der Waals surface area (Å²) in [5.74, 6) is -1.64. The summed E-state index contributed by atoms with van der Waals surface area (Å²) in [7, 11) is 0. The molecule has 90 valence electrons. The highest BCUT2D eigenvalue weighted by Crippen LogP contribution is 2.45. The van der Waals surface area contributed by atoms with Gasteiger partial charge in [0, 0.05) is 0 Å². The minimum Gasteiger partial charge on any atom is -0.318 e. The Morgan fingerprint density at radius 2 is 1.33 bits per heavy atom. The molecule has 1 fully saturated rings. The molecule has 0 unspecified atom stereocenters. The minimum atomic E-state index is -4.62. The van der Waals surface area contributed by atoms with Crippen LogP contribution in [-0.2, 0) is 0 Å². The first-order chi connectivity index (χ1) is 6.56. The van der Waals surface area contributed by atoms with Gasteiger partial charge in [-0.25, -0.2) is 0 Å². The van der Waals surface area contributed by atoms with Gasteiger partial charge in [0.1, 0.15) is 5.54 Å². The molecular weight excluding hydrogens is 224 g/mol. The third-order valence-corrected chi connectivity index (χ3v) is 2.91. The number of alkyl halides is 6. The largest absolute Gasteiger partial charge is 0.406 e. The number of hydrogen-bond donors (Lipinski definition) is 1. The zero-order valence-electron chi connectivity index (χ0n) is 7.75. The van der Waals surface area contributed by atoms with Crippen molar-refractivity contribution in [3.05, 3.63) is 0 Å². The molecule has 0 spiro atoms. The average molecular weight is 235 g/mol. The third-order valence-electron chi connectivity index (χ3n) is 2.91. The van der Waals surface area contributed by atoms with Crippen LogP contribution in [0.2, 0.25) is 0 Å². The molecule has 0 amide bonds. The van der Waals surface area contributed by atoms with Crippen molar-refractivity contribution in [1.29, 1.82) is 0 Å². The van der Waals surface area contributed by atoms with Gasteiger partial charge < -0.3 is 5.73 Å². The van der Waals surface area contributed by atoms with Crippen LogP contribution in [0, 0.1) is 5.92 Å². The lowest BCUT2D eigenvalue weighted by atomic mass is 9.76. The van der Waals surface area contributed by atoms with E-state index in [1.54, 1.807) is 0 Å². The van der Waals surface area contributed by atoms with Crippen LogP contribution < -0.4 is 5.73 Å². The molecule has 0 atom stereocenters. The molecule has 0 heterocycles. The first-order valence-corrected chi connectivity index (χ1v) is 4.48. The summed E-state index contributed by atoms with van der Waals surface area (Å²) in [6.07, 6.45) is -11.4. The summed E-state index contributed by atoms with van der Waals surface area (Å²) < 4.78 is 73.5.